The number of hydrogen-bond acceptors (Lipinski definition) is 4. The number of rotatable bonds is 11. The highest BCUT2D eigenvalue weighted by atomic mass is 16.5. The SMILES string of the molecule is CCCNCC(O)CN(CCOC)C(C)CC. The molecule has 0 fully saturated rings. The summed E-state index contributed by atoms with van der Waals surface area (Å²) in [6, 6.07) is 0.492. The van der Waals surface area contributed by atoms with Gasteiger partial charge >= 0.3 is 0 Å². The van der Waals surface area contributed by atoms with Gasteiger partial charge in [-0.3, -0.25) is 4.90 Å². The molecule has 0 aliphatic rings. The van der Waals surface area contributed by atoms with E-state index >= 15 is 0 Å². The second-order valence-electron chi connectivity index (χ2n) is 4.60. The molecule has 0 saturated heterocycles. The minimum Gasteiger partial charge on any atom is -0.390 e. The molecule has 0 spiro atoms. The number of ether oxygens (including phenoxy) is 1. The molecule has 0 amide bonds. The van der Waals surface area contributed by atoms with E-state index in [-0.39, 0.29) is 6.10 Å². The zero-order valence-corrected chi connectivity index (χ0v) is 11.9. The highest BCUT2D eigenvalue weighted by molar-refractivity contribution is 4.71. The summed E-state index contributed by atoms with van der Waals surface area (Å²) in [6.45, 7) is 10.5. The van der Waals surface area contributed by atoms with E-state index < -0.39 is 0 Å². The van der Waals surface area contributed by atoms with Crippen LogP contribution in [0.4, 0.5) is 0 Å². The maximum Gasteiger partial charge on any atom is 0.0791 e. The van der Waals surface area contributed by atoms with Crippen LogP contribution in [0.1, 0.15) is 33.6 Å². The van der Waals surface area contributed by atoms with Gasteiger partial charge in [0.1, 0.15) is 0 Å². The molecule has 0 bridgehead atoms. The highest BCUT2D eigenvalue weighted by Crippen LogP contribution is 2.04. The largest absolute Gasteiger partial charge is 0.390 e. The maximum atomic E-state index is 9.94. The van der Waals surface area contributed by atoms with E-state index in [1.807, 2.05) is 0 Å². The zero-order chi connectivity index (χ0) is 13.1. The van der Waals surface area contributed by atoms with E-state index in [4.69, 9.17) is 4.74 Å². The van der Waals surface area contributed by atoms with Gasteiger partial charge in [-0.15, -0.1) is 0 Å². The third-order valence-electron chi connectivity index (χ3n) is 3.05. The van der Waals surface area contributed by atoms with Crippen LogP contribution in [0, 0.1) is 0 Å². The van der Waals surface area contributed by atoms with Crippen LogP contribution in [0.3, 0.4) is 0 Å². The Morgan fingerprint density at radius 3 is 2.59 bits per heavy atom. The van der Waals surface area contributed by atoms with Gasteiger partial charge in [-0.05, 0) is 26.3 Å². The number of aliphatic hydroxyl groups is 1. The molecule has 4 nitrogen and oxygen atoms in total. The van der Waals surface area contributed by atoms with Crippen LogP contribution in [-0.4, -0.2) is 62.0 Å². The third kappa shape index (κ3) is 8.55. The summed E-state index contributed by atoms with van der Waals surface area (Å²) >= 11 is 0. The topological polar surface area (TPSA) is 44.7 Å². The van der Waals surface area contributed by atoms with Crippen molar-refractivity contribution in [3.05, 3.63) is 0 Å². The quantitative estimate of drug-likeness (QED) is 0.536. The van der Waals surface area contributed by atoms with Gasteiger partial charge in [0.2, 0.25) is 0 Å². The molecule has 0 heterocycles. The first-order chi connectivity index (χ1) is 8.15. The van der Waals surface area contributed by atoms with E-state index in [1.54, 1.807) is 7.11 Å². The van der Waals surface area contributed by atoms with Gasteiger partial charge in [0.05, 0.1) is 12.7 Å². The predicted molar refractivity (Wildman–Crippen MR) is 72.4 cm³/mol. The molecule has 0 aromatic rings. The normalized spacial score (nSPS) is 15.2. The molecule has 0 aliphatic carbocycles. The first kappa shape index (κ1) is 16.8. The monoisotopic (exact) mass is 246 g/mol. The zero-order valence-electron chi connectivity index (χ0n) is 11.9. The molecular formula is C13H30N2O2. The van der Waals surface area contributed by atoms with Crippen molar-refractivity contribution in [1.29, 1.82) is 0 Å². The van der Waals surface area contributed by atoms with Crippen molar-refractivity contribution in [2.45, 2.75) is 45.8 Å². The lowest BCUT2D eigenvalue weighted by atomic mass is 10.2. The summed E-state index contributed by atoms with van der Waals surface area (Å²) < 4.78 is 5.11. The van der Waals surface area contributed by atoms with Gasteiger partial charge in [-0.1, -0.05) is 13.8 Å². The van der Waals surface area contributed by atoms with E-state index in [2.05, 4.69) is 31.0 Å². The summed E-state index contributed by atoms with van der Waals surface area (Å²) in [4.78, 5) is 2.29. The molecule has 17 heavy (non-hydrogen) atoms. The molecule has 2 N–H and O–H groups in total. The fourth-order valence-electron chi connectivity index (χ4n) is 1.74. The molecule has 0 saturated carbocycles. The van der Waals surface area contributed by atoms with Crippen LogP contribution in [0.5, 0.6) is 0 Å². The van der Waals surface area contributed by atoms with Crippen molar-refractivity contribution >= 4 is 0 Å². The van der Waals surface area contributed by atoms with Gasteiger partial charge in [0, 0.05) is 32.8 Å². The molecule has 4 heteroatoms. The second kappa shape index (κ2) is 11.0. The lowest BCUT2D eigenvalue weighted by Crippen LogP contribution is -2.43. The first-order valence-electron chi connectivity index (χ1n) is 6.77. The van der Waals surface area contributed by atoms with Crippen LogP contribution >= 0.6 is 0 Å². The van der Waals surface area contributed by atoms with E-state index in [1.165, 1.54) is 0 Å². The van der Waals surface area contributed by atoms with E-state index in [0.29, 0.717) is 12.6 Å². The lowest BCUT2D eigenvalue weighted by Gasteiger charge is -2.30. The molecule has 0 radical (unpaired) electrons. The molecular weight excluding hydrogens is 216 g/mol. The van der Waals surface area contributed by atoms with Crippen molar-refractivity contribution in [2.75, 3.05) is 39.9 Å². The fourth-order valence-corrected chi connectivity index (χ4v) is 1.74. The molecule has 2 atom stereocenters. The molecule has 0 aromatic carbocycles. The van der Waals surface area contributed by atoms with Crippen LogP contribution in [0.25, 0.3) is 0 Å². The summed E-state index contributed by atoms with van der Waals surface area (Å²) in [5.74, 6) is 0. The van der Waals surface area contributed by atoms with E-state index in [9.17, 15) is 5.11 Å². The average Bonchev–Trinajstić information content (AvgIpc) is 2.33. The molecule has 2 unspecified atom stereocenters. The summed E-state index contributed by atoms with van der Waals surface area (Å²) in [5.41, 5.74) is 0. The van der Waals surface area contributed by atoms with Crippen molar-refractivity contribution < 1.29 is 9.84 Å². The number of methoxy groups -OCH3 is 1. The standard InChI is InChI=1S/C13H30N2O2/c1-5-7-14-10-13(16)11-15(8-9-17-4)12(3)6-2/h12-14,16H,5-11H2,1-4H3. The van der Waals surface area contributed by atoms with Gasteiger partial charge in [-0.25, -0.2) is 0 Å². The summed E-state index contributed by atoms with van der Waals surface area (Å²) in [5, 5.41) is 13.2. The Morgan fingerprint density at radius 2 is 2.06 bits per heavy atom. The van der Waals surface area contributed by atoms with Crippen LogP contribution in [0.15, 0.2) is 0 Å². The Kier molecular flexibility index (Phi) is 10.9. The van der Waals surface area contributed by atoms with E-state index in [0.717, 1.165) is 39.1 Å². The molecule has 104 valence electrons. The Morgan fingerprint density at radius 1 is 1.35 bits per heavy atom. The molecule has 0 aliphatic heterocycles. The van der Waals surface area contributed by atoms with Gasteiger partial charge in [0.15, 0.2) is 0 Å². The van der Waals surface area contributed by atoms with Crippen molar-refractivity contribution in [1.82, 2.24) is 10.2 Å². The van der Waals surface area contributed by atoms with Crippen LogP contribution in [0.2, 0.25) is 0 Å². The smallest absolute Gasteiger partial charge is 0.0791 e. The second-order valence-corrected chi connectivity index (χ2v) is 4.60. The van der Waals surface area contributed by atoms with Crippen molar-refractivity contribution in [2.24, 2.45) is 0 Å². The van der Waals surface area contributed by atoms with Gasteiger partial charge < -0.3 is 15.2 Å². The average molecular weight is 246 g/mol. The minimum absolute atomic E-state index is 0.299. The van der Waals surface area contributed by atoms with Gasteiger partial charge in [-0.2, -0.15) is 0 Å². The minimum atomic E-state index is -0.299. The first-order valence-corrected chi connectivity index (χ1v) is 6.77. The predicted octanol–water partition coefficient (Wildman–Crippen LogP) is 1.09. The summed E-state index contributed by atoms with van der Waals surface area (Å²) in [6.07, 6.45) is 1.90. The lowest BCUT2D eigenvalue weighted by molar-refractivity contribution is 0.0670. The molecule has 0 rings (SSSR count). The number of hydrogen-bond donors (Lipinski definition) is 2. The number of aliphatic hydroxyl groups excluding tert-OH is 1. The van der Waals surface area contributed by atoms with Crippen LogP contribution < -0.4 is 5.32 Å². The Labute approximate surface area is 106 Å². The maximum absolute atomic E-state index is 9.94. The fraction of sp³-hybridized carbons (Fsp3) is 1.00. The van der Waals surface area contributed by atoms with Crippen LogP contribution in [-0.2, 0) is 4.74 Å². The number of nitrogens with zero attached hydrogens (tertiary/aromatic N) is 1. The molecule has 0 aromatic heterocycles. The summed E-state index contributed by atoms with van der Waals surface area (Å²) in [7, 11) is 1.72. The highest BCUT2D eigenvalue weighted by Gasteiger charge is 2.15. The number of nitrogens with one attached hydrogen (secondary N) is 1. The Hall–Kier alpha value is -0.160. The Bertz CT molecular complexity index is 167. The van der Waals surface area contributed by atoms with Gasteiger partial charge in [0.25, 0.3) is 0 Å². The Balaban J connectivity index is 3.94. The van der Waals surface area contributed by atoms with Crippen molar-refractivity contribution in [3.63, 3.8) is 0 Å². The third-order valence-corrected chi connectivity index (χ3v) is 3.05. The van der Waals surface area contributed by atoms with Crippen molar-refractivity contribution in [3.8, 4) is 0 Å².